The van der Waals surface area contributed by atoms with Gasteiger partial charge in [0.1, 0.15) is 6.61 Å². The van der Waals surface area contributed by atoms with Gasteiger partial charge in [0.05, 0.1) is 6.61 Å². The molecule has 3 heteroatoms. The van der Waals surface area contributed by atoms with Crippen LogP contribution in [0.3, 0.4) is 0 Å². The minimum absolute atomic E-state index is 0.208. The summed E-state index contributed by atoms with van der Waals surface area (Å²) in [6, 6.07) is 0. The lowest BCUT2D eigenvalue weighted by Crippen LogP contribution is -2.42. The Balaban J connectivity index is 2.30. The summed E-state index contributed by atoms with van der Waals surface area (Å²) in [7, 11) is 0. The monoisotopic (exact) mass is 251 g/mol. The number of rotatable bonds is 6. The average molecular weight is 251 g/mol. The van der Waals surface area contributed by atoms with Crippen molar-refractivity contribution in [2.45, 2.75) is 39.5 Å². The fourth-order valence-corrected chi connectivity index (χ4v) is 2.50. The van der Waals surface area contributed by atoms with Crippen LogP contribution in [0, 0.1) is 24.2 Å². The predicted molar refractivity (Wildman–Crippen MR) is 73.0 cm³/mol. The molecule has 1 aliphatic heterocycles. The van der Waals surface area contributed by atoms with E-state index in [2.05, 4.69) is 19.8 Å². The molecule has 1 heterocycles. The van der Waals surface area contributed by atoms with Gasteiger partial charge >= 0.3 is 0 Å². The fraction of sp³-hybridized carbons (Fsp3) is 0.800. The van der Waals surface area contributed by atoms with Gasteiger partial charge in [0.25, 0.3) is 0 Å². The minimum Gasteiger partial charge on any atom is -0.369 e. The Morgan fingerprint density at radius 2 is 2.00 bits per heavy atom. The molecule has 0 N–H and O–H groups in total. The van der Waals surface area contributed by atoms with E-state index in [1.165, 1.54) is 0 Å². The lowest BCUT2D eigenvalue weighted by molar-refractivity contribution is -0.137. The van der Waals surface area contributed by atoms with Crippen LogP contribution in [-0.4, -0.2) is 37.1 Å². The second-order valence-corrected chi connectivity index (χ2v) is 5.00. The number of hydrogen-bond acceptors (Lipinski definition) is 2. The molecule has 1 saturated heterocycles. The molecule has 102 valence electrons. The maximum absolute atomic E-state index is 12.2. The van der Waals surface area contributed by atoms with Crippen LogP contribution in [0.4, 0.5) is 0 Å². The van der Waals surface area contributed by atoms with Gasteiger partial charge < -0.3 is 9.64 Å². The number of piperidine rings is 1. The lowest BCUT2D eigenvalue weighted by atomic mass is 9.95. The van der Waals surface area contributed by atoms with Crippen molar-refractivity contribution in [2.24, 2.45) is 11.8 Å². The van der Waals surface area contributed by atoms with Gasteiger partial charge in [-0.1, -0.05) is 19.8 Å². The molecule has 1 amide bonds. The van der Waals surface area contributed by atoms with Crippen LogP contribution in [0.15, 0.2) is 0 Å². The fourth-order valence-electron chi connectivity index (χ4n) is 2.50. The van der Waals surface area contributed by atoms with Crippen molar-refractivity contribution in [1.29, 1.82) is 0 Å². The van der Waals surface area contributed by atoms with E-state index in [4.69, 9.17) is 11.2 Å². The van der Waals surface area contributed by atoms with Gasteiger partial charge in [0.2, 0.25) is 5.91 Å². The zero-order valence-corrected chi connectivity index (χ0v) is 11.7. The number of ether oxygens (including phenoxy) is 1. The Bertz CT molecular complexity index is 283. The first-order valence-electron chi connectivity index (χ1n) is 7.02. The molecule has 0 saturated carbocycles. The Hall–Kier alpha value is -1.01. The van der Waals surface area contributed by atoms with Crippen molar-refractivity contribution >= 4 is 5.91 Å². The molecule has 0 unspecified atom stereocenters. The van der Waals surface area contributed by atoms with E-state index in [0.29, 0.717) is 18.4 Å². The molecule has 18 heavy (non-hydrogen) atoms. The van der Waals surface area contributed by atoms with E-state index in [1.54, 1.807) is 0 Å². The molecule has 0 aliphatic carbocycles. The number of terminal acetylenes is 1. The summed E-state index contributed by atoms with van der Waals surface area (Å²) in [5.41, 5.74) is 0. The van der Waals surface area contributed by atoms with Crippen molar-refractivity contribution in [2.75, 3.05) is 26.3 Å². The van der Waals surface area contributed by atoms with E-state index < -0.39 is 0 Å². The number of hydrogen-bond donors (Lipinski definition) is 0. The van der Waals surface area contributed by atoms with E-state index in [0.717, 1.165) is 45.4 Å². The standard InChI is InChI=1S/C15H25NO2/c1-4-11-18-12-13-7-9-16(10-8-13)15(17)14(5-2)6-3/h1,13-14H,5-12H2,2-3H3. The Kier molecular flexibility index (Phi) is 6.82. The van der Waals surface area contributed by atoms with Crippen LogP contribution in [0.2, 0.25) is 0 Å². The van der Waals surface area contributed by atoms with Crippen molar-refractivity contribution in [1.82, 2.24) is 4.90 Å². The van der Waals surface area contributed by atoms with Crippen molar-refractivity contribution in [3.05, 3.63) is 0 Å². The third-order valence-corrected chi connectivity index (χ3v) is 3.80. The van der Waals surface area contributed by atoms with Crippen LogP contribution in [0.25, 0.3) is 0 Å². The van der Waals surface area contributed by atoms with Crippen LogP contribution in [0.5, 0.6) is 0 Å². The topological polar surface area (TPSA) is 29.5 Å². The van der Waals surface area contributed by atoms with Gasteiger partial charge in [0, 0.05) is 19.0 Å². The molecule has 0 bridgehead atoms. The van der Waals surface area contributed by atoms with Gasteiger partial charge in [-0.2, -0.15) is 0 Å². The molecule has 0 aromatic carbocycles. The summed E-state index contributed by atoms with van der Waals surface area (Å²) in [6.07, 6.45) is 9.11. The van der Waals surface area contributed by atoms with Crippen molar-refractivity contribution in [3.8, 4) is 12.3 Å². The van der Waals surface area contributed by atoms with E-state index in [-0.39, 0.29) is 5.92 Å². The molecule has 1 fully saturated rings. The number of carbonyl (C=O) groups excluding carboxylic acids is 1. The molecular formula is C15H25NO2. The molecule has 0 radical (unpaired) electrons. The smallest absolute Gasteiger partial charge is 0.225 e. The number of nitrogens with zero attached hydrogens (tertiary/aromatic N) is 1. The predicted octanol–water partition coefficient (Wildman–Crippen LogP) is 2.31. The molecule has 0 spiro atoms. The average Bonchev–Trinajstić information content (AvgIpc) is 2.41. The molecular weight excluding hydrogens is 226 g/mol. The highest BCUT2D eigenvalue weighted by Gasteiger charge is 2.26. The number of carbonyl (C=O) groups is 1. The maximum atomic E-state index is 12.2. The zero-order chi connectivity index (χ0) is 13.4. The summed E-state index contributed by atoms with van der Waals surface area (Å²) in [4.78, 5) is 14.2. The normalized spacial score (nSPS) is 16.9. The maximum Gasteiger partial charge on any atom is 0.225 e. The molecule has 0 atom stereocenters. The number of likely N-dealkylation sites (tertiary alicyclic amines) is 1. The lowest BCUT2D eigenvalue weighted by Gasteiger charge is -2.33. The number of amides is 1. The highest BCUT2D eigenvalue weighted by molar-refractivity contribution is 5.78. The van der Waals surface area contributed by atoms with Gasteiger partial charge in [-0.3, -0.25) is 4.79 Å². The Morgan fingerprint density at radius 3 is 2.50 bits per heavy atom. The van der Waals surface area contributed by atoms with Crippen LogP contribution < -0.4 is 0 Å². The summed E-state index contributed by atoms with van der Waals surface area (Å²) in [6.45, 7) is 7.06. The first kappa shape index (κ1) is 15.0. The summed E-state index contributed by atoms with van der Waals surface area (Å²) in [5.74, 6) is 3.58. The Morgan fingerprint density at radius 1 is 1.39 bits per heavy atom. The summed E-state index contributed by atoms with van der Waals surface area (Å²) < 4.78 is 5.37. The highest BCUT2D eigenvalue weighted by atomic mass is 16.5. The Labute approximate surface area is 111 Å². The van der Waals surface area contributed by atoms with Gasteiger partial charge in [0.15, 0.2) is 0 Å². The minimum atomic E-state index is 0.208. The van der Waals surface area contributed by atoms with Crippen LogP contribution in [-0.2, 0) is 9.53 Å². The van der Waals surface area contributed by atoms with Gasteiger partial charge in [-0.25, -0.2) is 0 Å². The van der Waals surface area contributed by atoms with Gasteiger partial charge in [-0.05, 0) is 31.6 Å². The first-order chi connectivity index (χ1) is 8.72. The van der Waals surface area contributed by atoms with Crippen LogP contribution >= 0.6 is 0 Å². The summed E-state index contributed by atoms with van der Waals surface area (Å²) in [5, 5.41) is 0. The zero-order valence-electron chi connectivity index (χ0n) is 11.7. The molecule has 3 nitrogen and oxygen atoms in total. The quantitative estimate of drug-likeness (QED) is 0.535. The highest BCUT2D eigenvalue weighted by Crippen LogP contribution is 2.21. The van der Waals surface area contributed by atoms with E-state index in [9.17, 15) is 4.79 Å². The van der Waals surface area contributed by atoms with Crippen molar-refractivity contribution < 1.29 is 9.53 Å². The van der Waals surface area contributed by atoms with Gasteiger partial charge in [-0.15, -0.1) is 6.42 Å². The molecule has 0 aromatic heterocycles. The SMILES string of the molecule is C#CCOCC1CCN(C(=O)C(CC)CC)CC1. The van der Waals surface area contributed by atoms with E-state index in [1.807, 2.05) is 4.90 Å². The third-order valence-electron chi connectivity index (χ3n) is 3.80. The van der Waals surface area contributed by atoms with E-state index >= 15 is 0 Å². The first-order valence-corrected chi connectivity index (χ1v) is 7.02. The second kappa shape index (κ2) is 8.16. The van der Waals surface area contributed by atoms with Crippen LogP contribution in [0.1, 0.15) is 39.5 Å². The molecule has 1 aliphatic rings. The largest absolute Gasteiger partial charge is 0.369 e. The van der Waals surface area contributed by atoms with Crippen molar-refractivity contribution in [3.63, 3.8) is 0 Å². The third kappa shape index (κ3) is 4.34. The molecule has 1 rings (SSSR count). The molecule has 0 aromatic rings. The summed E-state index contributed by atoms with van der Waals surface area (Å²) >= 11 is 0. The second-order valence-electron chi connectivity index (χ2n) is 5.00.